The van der Waals surface area contributed by atoms with Crippen LogP contribution in [-0.2, 0) is 19.0 Å². The summed E-state index contributed by atoms with van der Waals surface area (Å²) in [6.45, 7) is 6.07. The molecule has 1 atom stereocenters. The Labute approximate surface area is 79.2 Å². The van der Waals surface area contributed by atoms with Crippen molar-refractivity contribution in [1.29, 1.82) is 0 Å². The van der Waals surface area contributed by atoms with Gasteiger partial charge in [-0.1, -0.05) is 6.92 Å². The molecule has 0 aliphatic heterocycles. The Bertz CT molecular complexity index is 136. The van der Waals surface area contributed by atoms with Crippen molar-refractivity contribution in [3.05, 3.63) is 6.92 Å². The van der Waals surface area contributed by atoms with E-state index in [0.29, 0.717) is 19.4 Å². The third-order valence-electron chi connectivity index (χ3n) is 1.38. The number of carbonyl (C=O) groups is 1. The van der Waals surface area contributed by atoms with Crippen molar-refractivity contribution in [2.75, 3.05) is 20.3 Å². The minimum atomic E-state index is -0.459. The van der Waals surface area contributed by atoms with Gasteiger partial charge in [-0.05, 0) is 13.3 Å². The lowest BCUT2D eigenvalue weighted by molar-refractivity contribution is -0.172. The first-order chi connectivity index (χ1) is 6.24. The van der Waals surface area contributed by atoms with Crippen molar-refractivity contribution < 1.29 is 19.0 Å². The first-order valence-corrected chi connectivity index (χ1v) is 4.33. The first kappa shape index (κ1) is 12.4. The fourth-order valence-electron chi connectivity index (χ4n) is 0.748. The molecule has 0 saturated carbocycles. The van der Waals surface area contributed by atoms with Crippen LogP contribution in [0.4, 0.5) is 0 Å². The largest absolute Gasteiger partial charge is 0.460 e. The Balaban J connectivity index is 3.52. The SMILES string of the molecule is [CH2]CCC(=O)OCC(OC)OCC. The van der Waals surface area contributed by atoms with E-state index in [9.17, 15) is 4.79 Å². The van der Waals surface area contributed by atoms with Crippen LogP contribution in [0.2, 0.25) is 0 Å². The maximum atomic E-state index is 10.9. The van der Waals surface area contributed by atoms with Crippen molar-refractivity contribution in [2.45, 2.75) is 26.1 Å². The van der Waals surface area contributed by atoms with Gasteiger partial charge < -0.3 is 14.2 Å². The van der Waals surface area contributed by atoms with Gasteiger partial charge in [-0.25, -0.2) is 0 Å². The molecule has 0 N–H and O–H groups in total. The molecular weight excluding hydrogens is 172 g/mol. The smallest absolute Gasteiger partial charge is 0.305 e. The van der Waals surface area contributed by atoms with Crippen LogP contribution in [0.15, 0.2) is 0 Å². The average molecular weight is 189 g/mol. The van der Waals surface area contributed by atoms with E-state index in [2.05, 4.69) is 6.92 Å². The summed E-state index contributed by atoms with van der Waals surface area (Å²) in [5.41, 5.74) is 0. The Morgan fingerprint density at radius 2 is 2.23 bits per heavy atom. The first-order valence-electron chi connectivity index (χ1n) is 4.33. The molecule has 0 saturated heterocycles. The van der Waals surface area contributed by atoms with Gasteiger partial charge in [-0.2, -0.15) is 0 Å². The molecule has 0 aromatic rings. The van der Waals surface area contributed by atoms with Crippen LogP contribution in [-0.4, -0.2) is 32.6 Å². The molecule has 0 amide bonds. The highest BCUT2D eigenvalue weighted by molar-refractivity contribution is 5.69. The van der Waals surface area contributed by atoms with Crippen LogP contribution in [0.25, 0.3) is 0 Å². The lowest BCUT2D eigenvalue weighted by Crippen LogP contribution is -2.23. The summed E-state index contributed by atoms with van der Waals surface area (Å²) in [7, 11) is 1.51. The quantitative estimate of drug-likeness (QED) is 0.445. The fourth-order valence-corrected chi connectivity index (χ4v) is 0.748. The van der Waals surface area contributed by atoms with Gasteiger partial charge in [0.15, 0.2) is 6.29 Å². The third-order valence-corrected chi connectivity index (χ3v) is 1.38. The van der Waals surface area contributed by atoms with Crippen molar-refractivity contribution >= 4 is 5.97 Å². The molecule has 0 rings (SSSR count). The van der Waals surface area contributed by atoms with E-state index in [0.717, 1.165) is 0 Å². The Kier molecular flexibility index (Phi) is 7.63. The van der Waals surface area contributed by atoms with Crippen LogP contribution in [0.3, 0.4) is 0 Å². The molecule has 77 valence electrons. The monoisotopic (exact) mass is 189 g/mol. The van der Waals surface area contributed by atoms with Crippen LogP contribution in [0, 0.1) is 6.92 Å². The summed E-state index contributed by atoms with van der Waals surface area (Å²) in [5, 5.41) is 0. The van der Waals surface area contributed by atoms with E-state index in [-0.39, 0.29) is 12.6 Å². The zero-order valence-corrected chi connectivity index (χ0v) is 8.25. The molecule has 1 radical (unpaired) electrons. The molecule has 0 fully saturated rings. The summed E-state index contributed by atoms with van der Waals surface area (Å²) >= 11 is 0. The number of esters is 1. The topological polar surface area (TPSA) is 44.8 Å². The molecule has 0 aromatic heterocycles. The maximum absolute atomic E-state index is 10.9. The second kappa shape index (κ2) is 8.01. The molecule has 0 aliphatic rings. The molecule has 0 spiro atoms. The Morgan fingerprint density at radius 1 is 1.54 bits per heavy atom. The molecular formula is C9H17O4. The molecule has 13 heavy (non-hydrogen) atoms. The van der Waals surface area contributed by atoms with Crippen molar-refractivity contribution in [1.82, 2.24) is 0 Å². The zero-order valence-electron chi connectivity index (χ0n) is 8.25. The van der Waals surface area contributed by atoms with Gasteiger partial charge in [0.25, 0.3) is 0 Å². The van der Waals surface area contributed by atoms with Gasteiger partial charge in [0.1, 0.15) is 6.61 Å². The Hall–Kier alpha value is -0.610. The molecule has 0 aliphatic carbocycles. The highest BCUT2D eigenvalue weighted by Crippen LogP contribution is 1.97. The summed E-state index contributed by atoms with van der Waals surface area (Å²) in [6, 6.07) is 0. The number of hydrogen-bond acceptors (Lipinski definition) is 4. The highest BCUT2D eigenvalue weighted by Gasteiger charge is 2.09. The van der Waals surface area contributed by atoms with Crippen LogP contribution < -0.4 is 0 Å². The zero-order chi connectivity index (χ0) is 10.1. The highest BCUT2D eigenvalue weighted by atomic mass is 16.7. The maximum Gasteiger partial charge on any atom is 0.305 e. The van der Waals surface area contributed by atoms with Gasteiger partial charge in [-0.15, -0.1) is 0 Å². The van der Waals surface area contributed by atoms with Gasteiger partial charge in [0.05, 0.1) is 0 Å². The second-order valence-electron chi connectivity index (χ2n) is 2.41. The molecule has 0 heterocycles. The predicted octanol–water partition coefficient (Wildman–Crippen LogP) is 1.15. The van der Waals surface area contributed by atoms with Crippen LogP contribution >= 0.6 is 0 Å². The number of hydrogen-bond donors (Lipinski definition) is 0. The van der Waals surface area contributed by atoms with E-state index < -0.39 is 6.29 Å². The second-order valence-corrected chi connectivity index (χ2v) is 2.41. The minimum Gasteiger partial charge on any atom is -0.460 e. The van der Waals surface area contributed by atoms with Gasteiger partial charge >= 0.3 is 5.97 Å². The molecule has 4 nitrogen and oxygen atoms in total. The van der Waals surface area contributed by atoms with Gasteiger partial charge in [-0.3, -0.25) is 4.79 Å². The van der Waals surface area contributed by atoms with E-state index in [1.165, 1.54) is 7.11 Å². The summed E-state index contributed by atoms with van der Waals surface area (Å²) in [5.74, 6) is -0.267. The normalized spacial score (nSPS) is 12.5. The van der Waals surface area contributed by atoms with Crippen molar-refractivity contribution in [3.8, 4) is 0 Å². The van der Waals surface area contributed by atoms with Crippen molar-refractivity contribution in [2.24, 2.45) is 0 Å². The number of rotatable bonds is 7. The number of carbonyl (C=O) groups excluding carboxylic acids is 1. The van der Waals surface area contributed by atoms with Crippen molar-refractivity contribution in [3.63, 3.8) is 0 Å². The van der Waals surface area contributed by atoms with E-state index >= 15 is 0 Å². The molecule has 4 heteroatoms. The Morgan fingerprint density at radius 3 is 2.69 bits per heavy atom. The molecule has 1 unspecified atom stereocenters. The summed E-state index contributed by atoms with van der Waals surface area (Å²) in [6.07, 6.45) is 0.423. The molecule has 0 aromatic carbocycles. The summed E-state index contributed by atoms with van der Waals surface area (Å²) < 4.78 is 14.9. The average Bonchev–Trinajstić information content (AvgIpc) is 2.12. The van der Waals surface area contributed by atoms with Crippen LogP contribution in [0.5, 0.6) is 0 Å². The van der Waals surface area contributed by atoms with E-state index in [1.807, 2.05) is 6.92 Å². The standard InChI is InChI=1S/C9H17O4/c1-4-6-8(10)13-7-9(11-3)12-5-2/h9H,1,4-7H2,2-3H3. The fraction of sp³-hybridized carbons (Fsp3) is 0.778. The summed E-state index contributed by atoms with van der Waals surface area (Å²) in [4.78, 5) is 10.9. The van der Waals surface area contributed by atoms with Gasteiger partial charge in [0, 0.05) is 20.1 Å². The lowest BCUT2D eigenvalue weighted by Gasteiger charge is -2.14. The van der Waals surface area contributed by atoms with Crippen LogP contribution in [0.1, 0.15) is 19.8 Å². The van der Waals surface area contributed by atoms with Gasteiger partial charge in [0.2, 0.25) is 0 Å². The third kappa shape index (κ3) is 6.54. The minimum absolute atomic E-state index is 0.142. The number of methoxy groups -OCH3 is 1. The van der Waals surface area contributed by atoms with E-state index in [4.69, 9.17) is 14.2 Å². The predicted molar refractivity (Wildman–Crippen MR) is 48.0 cm³/mol. The van der Waals surface area contributed by atoms with E-state index in [1.54, 1.807) is 0 Å². The molecule has 0 bridgehead atoms. The lowest BCUT2D eigenvalue weighted by atomic mass is 10.3. The number of ether oxygens (including phenoxy) is 3.